The van der Waals surface area contributed by atoms with Crippen LogP contribution in [0, 0.1) is 0 Å². The minimum Gasteiger partial charge on any atom is -0.366 e. The Hall–Kier alpha value is -2.83. The minimum atomic E-state index is -0.419. The van der Waals surface area contributed by atoms with Crippen LogP contribution in [0.15, 0.2) is 47.7 Å². The molecule has 1 amide bonds. The number of nitrogens with one attached hydrogen (secondary N) is 2. The predicted molar refractivity (Wildman–Crippen MR) is 94.6 cm³/mol. The van der Waals surface area contributed by atoms with Crippen LogP contribution in [0.2, 0.25) is 0 Å². The van der Waals surface area contributed by atoms with Crippen LogP contribution in [0.4, 0.5) is 0 Å². The fourth-order valence-electron chi connectivity index (χ4n) is 2.17. The van der Waals surface area contributed by atoms with Gasteiger partial charge in [-0.1, -0.05) is 12.1 Å². The maximum atomic E-state index is 11.1. The Bertz CT molecular complexity index is 648. The number of benzene rings is 1. The Labute approximate surface area is 142 Å². The molecular weight excluding hydrogens is 304 g/mol. The molecule has 0 saturated carbocycles. The number of carbonyl (C=O) groups is 1. The van der Waals surface area contributed by atoms with Crippen molar-refractivity contribution < 1.29 is 4.79 Å². The van der Waals surface area contributed by atoms with Gasteiger partial charge in [0.05, 0.1) is 6.54 Å². The lowest BCUT2D eigenvalue weighted by Gasteiger charge is -2.11. The summed E-state index contributed by atoms with van der Waals surface area (Å²) in [7, 11) is 0. The molecule has 0 spiro atoms. The van der Waals surface area contributed by atoms with Crippen molar-refractivity contribution in [3.63, 3.8) is 0 Å². The van der Waals surface area contributed by atoms with Crippen molar-refractivity contribution in [2.24, 2.45) is 10.7 Å². The van der Waals surface area contributed by atoms with E-state index in [9.17, 15) is 4.79 Å². The predicted octanol–water partition coefficient (Wildman–Crippen LogP) is 1.13. The van der Waals surface area contributed by atoms with E-state index >= 15 is 0 Å². The van der Waals surface area contributed by atoms with Gasteiger partial charge < -0.3 is 16.4 Å². The van der Waals surface area contributed by atoms with Crippen molar-refractivity contribution in [2.75, 3.05) is 13.1 Å². The topological polar surface area (TPSA) is 97.3 Å². The maximum Gasteiger partial charge on any atom is 0.248 e. The summed E-state index contributed by atoms with van der Waals surface area (Å²) in [5.74, 6) is 0.356. The normalized spacial score (nSPS) is 11.3. The third-order valence-electron chi connectivity index (χ3n) is 3.42. The van der Waals surface area contributed by atoms with Crippen molar-refractivity contribution in [3.05, 3.63) is 53.9 Å². The van der Waals surface area contributed by atoms with Gasteiger partial charge in [-0.2, -0.15) is 5.10 Å². The number of hydrogen-bond donors (Lipinski definition) is 3. The number of primary amides is 1. The van der Waals surface area contributed by atoms with Gasteiger partial charge in [0.1, 0.15) is 0 Å². The molecule has 7 nitrogen and oxygen atoms in total. The van der Waals surface area contributed by atoms with Crippen LogP contribution in [0.5, 0.6) is 0 Å². The average Bonchev–Trinajstić information content (AvgIpc) is 3.10. The van der Waals surface area contributed by atoms with Gasteiger partial charge in [0.15, 0.2) is 5.96 Å². The number of nitrogens with zero attached hydrogens (tertiary/aromatic N) is 3. The van der Waals surface area contributed by atoms with Crippen LogP contribution in [0.25, 0.3) is 0 Å². The zero-order chi connectivity index (χ0) is 17.2. The minimum absolute atomic E-state index is 0.419. The van der Waals surface area contributed by atoms with Crippen molar-refractivity contribution in [3.8, 4) is 0 Å². The third-order valence-corrected chi connectivity index (χ3v) is 3.42. The van der Waals surface area contributed by atoms with Crippen LogP contribution in [-0.4, -0.2) is 34.7 Å². The van der Waals surface area contributed by atoms with Crippen LogP contribution < -0.4 is 16.4 Å². The largest absolute Gasteiger partial charge is 0.366 e. The molecule has 0 bridgehead atoms. The molecule has 0 saturated heterocycles. The second-order valence-corrected chi connectivity index (χ2v) is 5.31. The van der Waals surface area contributed by atoms with E-state index in [4.69, 9.17) is 5.73 Å². The summed E-state index contributed by atoms with van der Waals surface area (Å²) in [5, 5.41) is 10.7. The monoisotopic (exact) mass is 328 g/mol. The van der Waals surface area contributed by atoms with Crippen molar-refractivity contribution in [1.82, 2.24) is 20.4 Å². The molecule has 1 aromatic carbocycles. The number of guanidine groups is 1. The zero-order valence-corrected chi connectivity index (χ0v) is 13.9. The molecule has 24 heavy (non-hydrogen) atoms. The summed E-state index contributed by atoms with van der Waals surface area (Å²) >= 11 is 0. The molecule has 4 N–H and O–H groups in total. The van der Waals surface area contributed by atoms with Crippen molar-refractivity contribution in [2.45, 2.75) is 26.4 Å². The zero-order valence-electron chi connectivity index (χ0n) is 13.9. The summed E-state index contributed by atoms with van der Waals surface area (Å²) in [5.41, 5.74) is 6.76. The van der Waals surface area contributed by atoms with E-state index in [2.05, 4.69) is 20.7 Å². The number of aliphatic imine (C=N–C) groups is 1. The molecule has 2 rings (SSSR count). The maximum absolute atomic E-state index is 11.1. The SMILES string of the molecule is CCNC(=NCc1ccc(C(N)=O)cc1)NCCCn1cccn1. The lowest BCUT2D eigenvalue weighted by molar-refractivity contribution is 0.100. The molecule has 0 aliphatic carbocycles. The molecule has 0 atom stereocenters. The van der Waals surface area contributed by atoms with Crippen LogP contribution in [0.3, 0.4) is 0 Å². The van der Waals surface area contributed by atoms with E-state index < -0.39 is 5.91 Å². The number of carbonyl (C=O) groups excluding carboxylic acids is 1. The van der Waals surface area contributed by atoms with Gasteiger partial charge in [0.25, 0.3) is 0 Å². The van der Waals surface area contributed by atoms with Gasteiger partial charge >= 0.3 is 0 Å². The molecule has 1 heterocycles. The van der Waals surface area contributed by atoms with Gasteiger partial charge in [-0.3, -0.25) is 9.48 Å². The number of hydrogen-bond acceptors (Lipinski definition) is 3. The first kappa shape index (κ1) is 17.5. The second-order valence-electron chi connectivity index (χ2n) is 5.31. The smallest absolute Gasteiger partial charge is 0.248 e. The van der Waals surface area contributed by atoms with Gasteiger partial charge in [0, 0.05) is 37.6 Å². The van der Waals surface area contributed by atoms with Crippen LogP contribution in [0.1, 0.15) is 29.3 Å². The molecule has 0 aliphatic heterocycles. The van der Waals surface area contributed by atoms with Gasteiger partial charge in [-0.05, 0) is 37.1 Å². The molecule has 0 aliphatic rings. The summed E-state index contributed by atoms with van der Waals surface area (Å²) in [4.78, 5) is 15.6. The van der Waals surface area contributed by atoms with E-state index in [-0.39, 0.29) is 0 Å². The molecule has 128 valence electrons. The van der Waals surface area contributed by atoms with E-state index in [1.54, 1.807) is 18.3 Å². The standard InChI is InChI=1S/C17H24N6O/c1-2-19-17(20-9-3-11-23-12-4-10-22-23)21-13-14-5-7-15(8-6-14)16(18)24/h4-8,10,12H,2-3,9,11,13H2,1H3,(H2,18,24)(H2,19,20,21). The van der Waals surface area contributed by atoms with E-state index in [0.717, 1.165) is 37.6 Å². The quantitative estimate of drug-likeness (QED) is 0.384. The van der Waals surface area contributed by atoms with E-state index in [1.165, 1.54) is 0 Å². The van der Waals surface area contributed by atoms with Crippen molar-refractivity contribution >= 4 is 11.9 Å². The fraction of sp³-hybridized carbons (Fsp3) is 0.353. The summed E-state index contributed by atoms with van der Waals surface area (Å²) < 4.78 is 1.91. The Morgan fingerprint density at radius 1 is 1.29 bits per heavy atom. The third kappa shape index (κ3) is 5.75. The highest BCUT2D eigenvalue weighted by Gasteiger charge is 2.01. The number of aryl methyl sites for hydroxylation is 1. The van der Waals surface area contributed by atoms with Gasteiger partial charge in [0.2, 0.25) is 5.91 Å². The second kappa shape index (κ2) is 9.34. The van der Waals surface area contributed by atoms with Crippen LogP contribution >= 0.6 is 0 Å². The number of amides is 1. The average molecular weight is 328 g/mol. The summed E-state index contributed by atoms with van der Waals surface area (Å²) in [6, 6.07) is 9.09. The first-order valence-electron chi connectivity index (χ1n) is 8.07. The Kier molecular flexibility index (Phi) is 6.82. The van der Waals surface area contributed by atoms with E-state index in [1.807, 2.05) is 36.0 Å². The summed E-state index contributed by atoms with van der Waals surface area (Å²) in [6.07, 6.45) is 4.69. The van der Waals surface area contributed by atoms with Gasteiger partial charge in [-0.25, -0.2) is 4.99 Å². The molecule has 2 aromatic rings. The molecule has 0 unspecified atom stereocenters. The van der Waals surface area contributed by atoms with Crippen LogP contribution in [-0.2, 0) is 13.1 Å². The molecule has 1 aromatic heterocycles. The number of rotatable bonds is 8. The molecule has 0 fully saturated rings. The number of aromatic nitrogens is 2. The first-order valence-corrected chi connectivity index (χ1v) is 8.07. The molecular formula is C17H24N6O. The lowest BCUT2D eigenvalue weighted by Crippen LogP contribution is -2.38. The lowest BCUT2D eigenvalue weighted by atomic mass is 10.1. The highest BCUT2D eigenvalue weighted by molar-refractivity contribution is 5.92. The fourth-order valence-corrected chi connectivity index (χ4v) is 2.17. The Morgan fingerprint density at radius 2 is 2.08 bits per heavy atom. The molecule has 7 heteroatoms. The Morgan fingerprint density at radius 3 is 2.71 bits per heavy atom. The van der Waals surface area contributed by atoms with Gasteiger partial charge in [-0.15, -0.1) is 0 Å². The van der Waals surface area contributed by atoms with Crippen molar-refractivity contribution in [1.29, 1.82) is 0 Å². The summed E-state index contributed by atoms with van der Waals surface area (Å²) in [6.45, 7) is 5.04. The molecule has 0 radical (unpaired) electrons. The highest BCUT2D eigenvalue weighted by atomic mass is 16.1. The first-order chi connectivity index (χ1) is 11.7. The van der Waals surface area contributed by atoms with E-state index in [0.29, 0.717) is 12.1 Å². The highest BCUT2D eigenvalue weighted by Crippen LogP contribution is 2.05. The number of nitrogens with two attached hydrogens (primary N) is 1. The Balaban J connectivity index is 1.81.